The van der Waals surface area contributed by atoms with Crippen LogP contribution in [0.2, 0.25) is 0 Å². The molecule has 0 saturated carbocycles. The zero-order valence-electron chi connectivity index (χ0n) is 15.3. The average molecular weight is 332 g/mol. The van der Waals surface area contributed by atoms with Gasteiger partial charge in [0.25, 0.3) is 0 Å². The van der Waals surface area contributed by atoms with E-state index in [1.54, 1.807) is 0 Å². The third-order valence-corrected chi connectivity index (χ3v) is 5.07. The molecule has 3 aromatic carbocycles. The van der Waals surface area contributed by atoms with Crippen LogP contribution in [0.3, 0.4) is 0 Å². The fraction of sp³-hybridized carbons (Fsp3) is 0.333. The smallest absolute Gasteiger partial charge is 0.0432 e. The topological polar surface area (TPSA) is 26.0 Å². The van der Waals surface area contributed by atoms with Crippen molar-refractivity contribution in [1.82, 2.24) is 0 Å². The Hall–Kier alpha value is -2.28. The van der Waals surface area contributed by atoms with Gasteiger partial charge in [0.05, 0.1) is 0 Å². The molecule has 0 aromatic heterocycles. The summed E-state index contributed by atoms with van der Waals surface area (Å²) in [4.78, 5) is 0. The molecule has 3 aromatic rings. The maximum absolute atomic E-state index is 6.62. The number of unbranched alkanes of at least 4 members (excludes halogenated alkanes) is 5. The molecule has 0 unspecified atom stereocenters. The van der Waals surface area contributed by atoms with Crippen molar-refractivity contribution in [3.05, 3.63) is 66.2 Å². The SMILES string of the molecule is CCCCCCCCc1c(-c2ccccc2)cc2ccccc2c1N. The van der Waals surface area contributed by atoms with Gasteiger partial charge in [-0.25, -0.2) is 0 Å². The van der Waals surface area contributed by atoms with Gasteiger partial charge in [0.2, 0.25) is 0 Å². The van der Waals surface area contributed by atoms with Crippen LogP contribution in [0.1, 0.15) is 51.0 Å². The highest BCUT2D eigenvalue weighted by Crippen LogP contribution is 2.35. The van der Waals surface area contributed by atoms with E-state index in [9.17, 15) is 0 Å². The zero-order chi connectivity index (χ0) is 17.5. The summed E-state index contributed by atoms with van der Waals surface area (Å²) in [7, 11) is 0. The molecule has 0 heterocycles. The van der Waals surface area contributed by atoms with Crippen molar-refractivity contribution >= 4 is 16.5 Å². The molecule has 2 N–H and O–H groups in total. The first-order valence-electron chi connectivity index (χ1n) is 9.66. The molecule has 130 valence electrons. The Morgan fingerprint density at radius 1 is 0.760 bits per heavy atom. The lowest BCUT2D eigenvalue weighted by molar-refractivity contribution is 0.608. The Morgan fingerprint density at radius 2 is 1.44 bits per heavy atom. The standard InChI is InChI=1S/C24H29N/c1-2-3-4-5-6-10-17-22-23(19-13-8-7-9-14-19)18-20-15-11-12-16-21(20)24(22)25/h7-9,11-16,18H,2-6,10,17,25H2,1H3. The Morgan fingerprint density at radius 3 is 2.24 bits per heavy atom. The van der Waals surface area contributed by atoms with E-state index in [1.807, 2.05) is 0 Å². The second-order valence-electron chi connectivity index (χ2n) is 6.92. The second kappa shape index (κ2) is 8.71. The molecule has 0 spiro atoms. The molecular weight excluding hydrogens is 302 g/mol. The minimum Gasteiger partial charge on any atom is -0.398 e. The molecule has 1 nitrogen and oxygen atoms in total. The molecule has 0 aliphatic rings. The van der Waals surface area contributed by atoms with Crippen LogP contribution in [-0.2, 0) is 6.42 Å². The summed E-state index contributed by atoms with van der Waals surface area (Å²) in [6.45, 7) is 2.27. The van der Waals surface area contributed by atoms with Crippen molar-refractivity contribution in [3.8, 4) is 11.1 Å². The Balaban J connectivity index is 1.90. The van der Waals surface area contributed by atoms with Gasteiger partial charge in [-0.15, -0.1) is 0 Å². The minimum atomic E-state index is 0.963. The summed E-state index contributed by atoms with van der Waals surface area (Å²) in [5.41, 5.74) is 11.5. The molecule has 0 radical (unpaired) electrons. The van der Waals surface area contributed by atoms with Gasteiger partial charge in [-0.2, -0.15) is 0 Å². The van der Waals surface area contributed by atoms with Crippen molar-refractivity contribution in [2.45, 2.75) is 51.9 Å². The largest absolute Gasteiger partial charge is 0.398 e. The van der Waals surface area contributed by atoms with E-state index >= 15 is 0 Å². The summed E-state index contributed by atoms with van der Waals surface area (Å²) in [6.07, 6.45) is 8.92. The van der Waals surface area contributed by atoms with E-state index in [-0.39, 0.29) is 0 Å². The zero-order valence-corrected chi connectivity index (χ0v) is 15.3. The summed E-state index contributed by atoms with van der Waals surface area (Å²) in [6, 6.07) is 21.4. The number of benzene rings is 3. The van der Waals surface area contributed by atoms with Crippen LogP contribution in [0.4, 0.5) is 5.69 Å². The van der Waals surface area contributed by atoms with E-state index in [0.717, 1.165) is 12.1 Å². The van der Waals surface area contributed by atoms with E-state index < -0.39 is 0 Å². The van der Waals surface area contributed by atoms with E-state index in [2.05, 4.69) is 67.6 Å². The molecule has 25 heavy (non-hydrogen) atoms. The van der Waals surface area contributed by atoms with E-state index in [1.165, 1.54) is 66.0 Å². The number of hydrogen-bond acceptors (Lipinski definition) is 1. The lowest BCUT2D eigenvalue weighted by Crippen LogP contribution is -2.00. The maximum Gasteiger partial charge on any atom is 0.0432 e. The highest BCUT2D eigenvalue weighted by Gasteiger charge is 2.12. The molecule has 0 fully saturated rings. The monoisotopic (exact) mass is 331 g/mol. The van der Waals surface area contributed by atoms with Crippen LogP contribution in [0.25, 0.3) is 21.9 Å². The summed E-state index contributed by atoms with van der Waals surface area (Å²) >= 11 is 0. The molecule has 0 aliphatic heterocycles. The molecular formula is C24H29N. The molecule has 1 heteroatoms. The highest BCUT2D eigenvalue weighted by atomic mass is 14.6. The van der Waals surface area contributed by atoms with E-state index in [4.69, 9.17) is 5.73 Å². The van der Waals surface area contributed by atoms with Gasteiger partial charge in [-0.1, -0.05) is 93.6 Å². The minimum absolute atomic E-state index is 0.963. The van der Waals surface area contributed by atoms with Gasteiger partial charge in [0.15, 0.2) is 0 Å². The van der Waals surface area contributed by atoms with Crippen LogP contribution in [0.5, 0.6) is 0 Å². The number of nitrogen functional groups attached to an aromatic ring is 1. The Kier molecular flexibility index (Phi) is 6.11. The molecule has 0 amide bonds. The summed E-state index contributed by atoms with van der Waals surface area (Å²) in [5, 5.41) is 2.41. The van der Waals surface area contributed by atoms with Crippen molar-refractivity contribution in [2.75, 3.05) is 5.73 Å². The third kappa shape index (κ3) is 4.22. The predicted molar refractivity (Wildman–Crippen MR) is 111 cm³/mol. The van der Waals surface area contributed by atoms with Gasteiger partial charge in [0.1, 0.15) is 0 Å². The van der Waals surface area contributed by atoms with Crippen molar-refractivity contribution < 1.29 is 0 Å². The van der Waals surface area contributed by atoms with Crippen LogP contribution in [-0.4, -0.2) is 0 Å². The first-order valence-corrected chi connectivity index (χ1v) is 9.66. The van der Waals surface area contributed by atoms with Gasteiger partial charge < -0.3 is 5.73 Å². The van der Waals surface area contributed by atoms with Crippen molar-refractivity contribution in [3.63, 3.8) is 0 Å². The van der Waals surface area contributed by atoms with Gasteiger partial charge in [0, 0.05) is 11.1 Å². The number of anilines is 1. The van der Waals surface area contributed by atoms with Crippen LogP contribution < -0.4 is 5.73 Å². The second-order valence-corrected chi connectivity index (χ2v) is 6.92. The highest BCUT2D eigenvalue weighted by molar-refractivity contribution is 5.99. The molecule has 0 aliphatic carbocycles. The fourth-order valence-corrected chi connectivity index (χ4v) is 3.65. The van der Waals surface area contributed by atoms with Gasteiger partial charge in [-0.05, 0) is 41.0 Å². The number of nitrogens with two attached hydrogens (primary N) is 1. The Bertz CT molecular complexity index is 805. The fourth-order valence-electron chi connectivity index (χ4n) is 3.65. The average Bonchev–Trinajstić information content (AvgIpc) is 2.66. The van der Waals surface area contributed by atoms with E-state index in [0.29, 0.717) is 0 Å². The van der Waals surface area contributed by atoms with Gasteiger partial charge in [-0.3, -0.25) is 0 Å². The Labute approximate surface area is 151 Å². The van der Waals surface area contributed by atoms with Gasteiger partial charge >= 0.3 is 0 Å². The van der Waals surface area contributed by atoms with Crippen LogP contribution in [0, 0.1) is 0 Å². The number of hydrogen-bond donors (Lipinski definition) is 1. The molecule has 0 saturated heterocycles. The summed E-state index contributed by atoms with van der Waals surface area (Å²) in [5.74, 6) is 0. The quantitative estimate of drug-likeness (QED) is 0.349. The number of rotatable bonds is 8. The van der Waals surface area contributed by atoms with Crippen LogP contribution >= 0.6 is 0 Å². The number of fused-ring (bicyclic) bond motifs is 1. The molecule has 0 bridgehead atoms. The lowest BCUT2D eigenvalue weighted by Gasteiger charge is -2.16. The van der Waals surface area contributed by atoms with Crippen LogP contribution in [0.15, 0.2) is 60.7 Å². The molecule has 0 atom stereocenters. The first kappa shape index (κ1) is 17.5. The normalized spacial score (nSPS) is 11.1. The predicted octanol–water partition coefficient (Wildman–Crippen LogP) is 6.99. The van der Waals surface area contributed by atoms with Crippen molar-refractivity contribution in [2.24, 2.45) is 0 Å². The molecule has 3 rings (SSSR count). The summed E-state index contributed by atoms with van der Waals surface area (Å²) < 4.78 is 0. The third-order valence-electron chi connectivity index (χ3n) is 5.07. The lowest BCUT2D eigenvalue weighted by atomic mass is 9.90. The first-order chi connectivity index (χ1) is 12.3. The maximum atomic E-state index is 6.62. The van der Waals surface area contributed by atoms with Crippen molar-refractivity contribution in [1.29, 1.82) is 0 Å².